The van der Waals surface area contributed by atoms with Crippen molar-refractivity contribution in [3.05, 3.63) is 65.2 Å². The number of nitrogens with zero attached hydrogens (tertiary/aromatic N) is 1. The number of aryl methyl sites for hydroxylation is 2. The lowest BCUT2D eigenvalue weighted by atomic mass is 10.1. The van der Waals surface area contributed by atoms with Gasteiger partial charge in [0, 0.05) is 12.7 Å². The molecule has 0 aromatic heterocycles. The molecule has 0 aliphatic heterocycles. The number of ether oxygens (including phenoxy) is 1. The summed E-state index contributed by atoms with van der Waals surface area (Å²) in [6.07, 6.45) is -0.532. The normalized spacial score (nSPS) is 10.1. The number of amides is 2. The van der Waals surface area contributed by atoms with Crippen LogP contribution in [0.4, 0.5) is 10.5 Å². The minimum atomic E-state index is -0.532. The smallest absolute Gasteiger partial charge is 0.410 e. The molecule has 0 aliphatic rings. The third-order valence-corrected chi connectivity index (χ3v) is 3.56. The Bertz CT molecular complexity index is 714. The maximum absolute atomic E-state index is 12.1. The number of hydrogen-bond donors (Lipinski definition) is 1. The van der Waals surface area contributed by atoms with Crippen LogP contribution in [-0.2, 0) is 16.1 Å². The molecule has 0 heterocycles. The minimum absolute atomic E-state index is 0.0684. The predicted octanol–water partition coefficient (Wildman–Crippen LogP) is 3.51. The summed E-state index contributed by atoms with van der Waals surface area (Å²) in [7, 11) is 1.54. The molecule has 0 spiro atoms. The second-order valence-corrected chi connectivity index (χ2v) is 5.76. The van der Waals surface area contributed by atoms with Crippen molar-refractivity contribution in [1.82, 2.24) is 4.90 Å². The highest BCUT2D eigenvalue weighted by Gasteiger charge is 2.15. The monoisotopic (exact) mass is 326 g/mol. The van der Waals surface area contributed by atoms with E-state index < -0.39 is 6.09 Å². The third kappa shape index (κ3) is 5.12. The highest BCUT2D eigenvalue weighted by Crippen LogP contribution is 2.16. The van der Waals surface area contributed by atoms with Gasteiger partial charge in [0.25, 0.3) is 0 Å². The van der Waals surface area contributed by atoms with Gasteiger partial charge in [-0.25, -0.2) is 4.79 Å². The van der Waals surface area contributed by atoms with Crippen LogP contribution in [0.25, 0.3) is 0 Å². The Balaban J connectivity index is 1.84. The first-order valence-corrected chi connectivity index (χ1v) is 7.74. The lowest BCUT2D eigenvalue weighted by Crippen LogP contribution is -2.35. The molecule has 1 N–H and O–H groups in total. The van der Waals surface area contributed by atoms with Gasteiger partial charge in [-0.2, -0.15) is 0 Å². The Morgan fingerprint density at radius 1 is 1.08 bits per heavy atom. The molecular formula is C19H22N2O3. The lowest BCUT2D eigenvalue weighted by Gasteiger charge is -2.17. The number of likely N-dealkylation sites (N-methyl/N-ethyl adjacent to an activating group) is 1. The number of benzene rings is 2. The number of carbonyl (C=O) groups is 2. The van der Waals surface area contributed by atoms with Gasteiger partial charge >= 0.3 is 6.09 Å². The fourth-order valence-corrected chi connectivity index (χ4v) is 2.17. The van der Waals surface area contributed by atoms with Crippen LogP contribution in [0.1, 0.15) is 16.7 Å². The van der Waals surface area contributed by atoms with Crippen LogP contribution in [0.15, 0.2) is 48.5 Å². The summed E-state index contributed by atoms with van der Waals surface area (Å²) < 4.78 is 5.19. The standard InChI is InChI=1S/C19H22N2O3/c1-14-9-10-15(2)17(11-14)20-18(22)12-21(3)19(23)24-13-16-7-5-4-6-8-16/h4-11H,12-13H2,1-3H3,(H,20,22). The van der Waals surface area contributed by atoms with Gasteiger partial charge in [-0.1, -0.05) is 42.5 Å². The summed E-state index contributed by atoms with van der Waals surface area (Å²) >= 11 is 0. The van der Waals surface area contributed by atoms with Crippen molar-refractivity contribution in [3.8, 4) is 0 Å². The molecule has 0 radical (unpaired) electrons. The molecule has 0 saturated heterocycles. The van der Waals surface area contributed by atoms with E-state index in [1.807, 2.05) is 62.4 Å². The van der Waals surface area contributed by atoms with Gasteiger partial charge in [0.05, 0.1) is 0 Å². The third-order valence-electron chi connectivity index (χ3n) is 3.56. The summed E-state index contributed by atoms with van der Waals surface area (Å²) in [6, 6.07) is 15.2. The van der Waals surface area contributed by atoms with Crippen molar-refractivity contribution in [2.24, 2.45) is 0 Å². The van der Waals surface area contributed by atoms with Gasteiger partial charge in [0.15, 0.2) is 0 Å². The first-order valence-electron chi connectivity index (χ1n) is 7.74. The fraction of sp³-hybridized carbons (Fsp3) is 0.263. The van der Waals surface area contributed by atoms with Gasteiger partial charge in [-0.05, 0) is 36.6 Å². The molecular weight excluding hydrogens is 304 g/mol. The zero-order valence-corrected chi connectivity index (χ0v) is 14.2. The Kier molecular flexibility index (Phi) is 5.95. The van der Waals surface area contributed by atoms with Crippen LogP contribution >= 0.6 is 0 Å². The van der Waals surface area contributed by atoms with E-state index in [0.29, 0.717) is 0 Å². The molecule has 0 aliphatic carbocycles. The number of carbonyl (C=O) groups excluding carboxylic acids is 2. The maximum Gasteiger partial charge on any atom is 0.410 e. The number of rotatable bonds is 5. The molecule has 5 heteroatoms. The molecule has 2 rings (SSSR count). The van der Waals surface area contributed by atoms with Gasteiger partial charge in [0.1, 0.15) is 13.2 Å². The van der Waals surface area contributed by atoms with Crippen LogP contribution in [0.2, 0.25) is 0 Å². The van der Waals surface area contributed by atoms with Crippen molar-refractivity contribution in [2.75, 3.05) is 18.9 Å². The molecule has 2 aromatic rings. The number of nitrogens with one attached hydrogen (secondary N) is 1. The summed E-state index contributed by atoms with van der Waals surface area (Å²) in [4.78, 5) is 25.3. The SMILES string of the molecule is Cc1ccc(C)c(NC(=O)CN(C)C(=O)OCc2ccccc2)c1. The Morgan fingerprint density at radius 3 is 2.50 bits per heavy atom. The van der Waals surface area contributed by atoms with Crippen molar-refractivity contribution in [2.45, 2.75) is 20.5 Å². The largest absolute Gasteiger partial charge is 0.445 e. The van der Waals surface area contributed by atoms with E-state index in [9.17, 15) is 9.59 Å². The molecule has 0 fully saturated rings. The van der Waals surface area contributed by atoms with Gasteiger partial charge in [0.2, 0.25) is 5.91 Å². The number of anilines is 1. The maximum atomic E-state index is 12.1. The van der Waals surface area contributed by atoms with E-state index in [4.69, 9.17) is 4.74 Å². The molecule has 0 atom stereocenters. The van der Waals surface area contributed by atoms with Crippen LogP contribution in [0.3, 0.4) is 0 Å². The van der Waals surface area contributed by atoms with Crippen LogP contribution in [0, 0.1) is 13.8 Å². The van der Waals surface area contributed by atoms with Crippen molar-refractivity contribution < 1.29 is 14.3 Å². The van der Waals surface area contributed by atoms with Gasteiger partial charge < -0.3 is 15.0 Å². The Morgan fingerprint density at radius 2 is 1.79 bits per heavy atom. The average molecular weight is 326 g/mol. The van der Waals surface area contributed by atoms with E-state index >= 15 is 0 Å². The first kappa shape index (κ1) is 17.5. The van der Waals surface area contributed by atoms with Crippen molar-refractivity contribution >= 4 is 17.7 Å². The van der Waals surface area contributed by atoms with E-state index in [0.717, 1.165) is 22.4 Å². The van der Waals surface area contributed by atoms with Crippen molar-refractivity contribution in [3.63, 3.8) is 0 Å². The highest BCUT2D eigenvalue weighted by atomic mass is 16.6. The molecule has 0 bridgehead atoms. The Labute approximate surface area is 142 Å². The van der Waals surface area contributed by atoms with Crippen LogP contribution in [-0.4, -0.2) is 30.5 Å². The minimum Gasteiger partial charge on any atom is -0.445 e. The predicted molar refractivity (Wildman–Crippen MR) is 93.8 cm³/mol. The molecule has 126 valence electrons. The second-order valence-electron chi connectivity index (χ2n) is 5.76. The van der Waals surface area contributed by atoms with Crippen LogP contribution in [0.5, 0.6) is 0 Å². The summed E-state index contributed by atoms with van der Waals surface area (Å²) in [5.41, 5.74) is 3.69. The molecule has 0 unspecified atom stereocenters. The van der Waals surface area contributed by atoms with E-state index in [2.05, 4.69) is 5.32 Å². The highest BCUT2D eigenvalue weighted by molar-refractivity contribution is 5.94. The topological polar surface area (TPSA) is 58.6 Å². The summed E-state index contributed by atoms with van der Waals surface area (Å²) in [5.74, 6) is -0.261. The molecule has 2 amide bonds. The van der Waals surface area contributed by atoms with E-state index in [1.54, 1.807) is 0 Å². The molecule has 5 nitrogen and oxygen atoms in total. The molecule has 24 heavy (non-hydrogen) atoms. The number of hydrogen-bond acceptors (Lipinski definition) is 3. The summed E-state index contributed by atoms with van der Waals surface area (Å²) in [5, 5.41) is 2.82. The zero-order valence-electron chi connectivity index (χ0n) is 14.2. The van der Waals surface area contributed by atoms with Crippen LogP contribution < -0.4 is 5.32 Å². The lowest BCUT2D eigenvalue weighted by molar-refractivity contribution is -0.116. The van der Waals surface area contributed by atoms with E-state index in [-0.39, 0.29) is 19.1 Å². The van der Waals surface area contributed by atoms with E-state index in [1.165, 1.54) is 11.9 Å². The first-order chi connectivity index (χ1) is 11.5. The molecule has 0 saturated carbocycles. The fourth-order valence-electron chi connectivity index (χ4n) is 2.17. The van der Waals surface area contributed by atoms with Crippen molar-refractivity contribution in [1.29, 1.82) is 0 Å². The Hall–Kier alpha value is -2.82. The second kappa shape index (κ2) is 8.15. The zero-order chi connectivity index (χ0) is 17.5. The van der Waals surface area contributed by atoms with Gasteiger partial charge in [-0.15, -0.1) is 0 Å². The quantitative estimate of drug-likeness (QED) is 0.915. The summed E-state index contributed by atoms with van der Waals surface area (Å²) in [6.45, 7) is 4.00. The molecule has 2 aromatic carbocycles. The average Bonchev–Trinajstić information content (AvgIpc) is 2.56. The van der Waals surface area contributed by atoms with Gasteiger partial charge in [-0.3, -0.25) is 4.79 Å².